The molecule has 15 heavy (non-hydrogen) atoms. The molecule has 0 heterocycles. The largest absolute Gasteiger partial charge is 0.501 e. The van der Waals surface area contributed by atoms with Gasteiger partial charge in [0, 0.05) is 18.1 Å². The summed E-state index contributed by atoms with van der Waals surface area (Å²) in [5.74, 6) is 1.82. The molecule has 0 fully saturated rings. The monoisotopic (exact) mass is 232 g/mol. The highest BCUT2D eigenvalue weighted by Gasteiger charge is 2.16. The third-order valence-electron chi connectivity index (χ3n) is 2.38. The predicted octanol–water partition coefficient (Wildman–Crippen LogP) is 4.46. The second kappa shape index (κ2) is 9.03. The van der Waals surface area contributed by atoms with E-state index in [2.05, 4.69) is 13.8 Å². The normalized spacial score (nSPS) is 12.2. The van der Waals surface area contributed by atoms with Crippen LogP contribution in [0.4, 0.5) is 0 Å². The van der Waals surface area contributed by atoms with Crippen LogP contribution in [0, 0.1) is 0 Å². The van der Waals surface area contributed by atoms with Crippen LogP contribution in [-0.2, 0) is 9.30 Å². The van der Waals surface area contributed by atoms with Gasteiger partial charge in [0.1, 0.15) is 7.14 Å². The van der Waals surface area contributed by atoms with Gasteiger partial charge < -0.3 is 9.30 Å². The van der Waals surface area contributed by atoms with Gasteiger partial charge in [-0.25, -0.2) is 0 Å². The summed E-state index contributed by atoms with van der Waals surface area (Å²) in [5.41, 5.74) is 0. The Balaban J connectivity index is 4.19. The van der Waals surface area contributed by atoms with Gasteiger partial charge in [0.15, 0.2) is 0 Å². The van der Waals surface area contributed by atoms with Crippen LogP contribution in [-0.4, -0.2) is 18.9 Å². The third kappa shape index (κ3) is 7.67. The van der Waals surface area contributed by atoms with Crippen molar-refractivity contribution in [2.75, 3.05) is 18.9 Å². The average Bonchev–Trinajstić information content (AvgIpc) is 2.24. The number of unbranched alkanes of at least 4 members (excludes halogenated alkanes) is 2. The molecule has 0 aliphatic carbocycles. The fourth-order valence-corrected chi connectivity index (χ4v) is 3.90. The molecule has 0 amide bonds. The van der Waals surface area contributed by atoms with E-state index in [9.17, 15) is 4.57 Å². The number of hydrogen-bond acceptors (Lipinski definition) is 2. The van der Waals surface area contributed by atoms with Crippen molar-refractivity contribution in [1.29, 1.82) is 0 Å². The van der Waals surface area contributed by atoms with Crippen LogP contribution in [0.2, 0.25) is 0 Å². The number of hydrogen-bond donors (Lipinski definition) is 0. The zero-order valence-electron chi connectivity index (χ0n) is 10.4. The van der Waals surface area contributed by atoms with Crippen molar-refractivity contribution in [1.82, 2.24) is 0 Å². The maximum Gasteiger partial charge on any atom is 0.111 e. The van der Waals surface area contributed by atoms with Crippen molar-refractivity contribution in [2.24, 2.45) is 0 Å². The van der Waals surface area contributed by atoms with E-state index in [-0.39, 0.29) is 0 Å². The van der Waals surface area contributed by atoms with Gasteiger partial charge in [-0.1, -0.05) is 26.7 Å². The molecule has 0 atom stereocenters. The molecular weight excluding hydrogens is 207 g/mol. The van der Waals surface area contributed by atoms with Gasteiger partial charge in [0.2, 0.25) is 0 Å². The minimum atomic E-state index is -2.09. The molecule has 3 heteroatoms. The zero-order valence-corrected chi connectivity index (χ0v) is 11.3. The molecule has 0 aromatic rings. The van der Waals surface area contributed by atoms with Crippen LogP contribution in [0.3, 0.4) is 0 Å². The average molecular weight is 232 g/mol. The highest BCUT2D eigenvalue weighted by molar-refractivity contribution is 7.67. The summed E-state index contributed by atoms with van der Waals surface area (Å²) < 4.78 is 17.6. The summed E-state index contributed by atoms with van der Waals surface area (Å²) in [6.45, 7) is 6.86. The lowest BCUT2D eigenvalue weighted by Gasteiger charge is -2.13. The van der Waals surface area contributed by atoms with Gasteiger partial charge in [-0.15, -0.1) is 0 Å². The molecule has 0 aromatic heterocycles. The molecule has 0 rings (SSSR count). The molecule has 0 bridgehead atoms. The Morgan fingerprint density at radius 3 is 2.00 bits per heavy atom. The minimum Gasteiger partial charge on any atom is -0.501 e. The summed E-state index contributed by atoms with van der Waals surface area (Å²) in [6, 6.07) is 0. The van der Waals surface area contributed by atoms with E-state index in [1.165, 1.54) is 0 Å². The Hall–Kier alpha value is -0.230. The molecular formula is C12H25O2P. The van der Waals surface area contributed by atoms with E-state index in [1.54, 1.807) is 6.26 Å². The van der Waals surface area contributed by atoms with Gasteiger partial charge in [-0.2, -0.15) is 0 Å². The van der Waals surface area contributed by atoms with E-state index in [1.807, 2.05) is 12.7 Å². The Labute approximate surface area is 94.5 Å². The third-order valence-corrected chi connectivity index (χ3v) is 5.19. The Kier molecular flexibility index (Phi) is 8.89. The van der Waals surface area contributed by atoms with Crippen molar-refractivity contribution in [2.45, 2.75) is 46.5 Å². The molecule has 0 aromatic carbocycles. The Morgan fingerprint density at radius 1 is 1.07 bits per heavy atom. The molecule has 0 N–H and O–H groups in total. The van der Waals surface area contributed by atoms with E-state index >= 15 is 0 Å². The Bertz CT molecular complexity index is 200. The zero-order chi connectivity index (χ0) is 11.6. The summed E-state index contributed by atoms with van der Waals surface area (Å²) in [4.78, 5) is 0. The smallest absolute Gasteiger partial charge is 0.111 e. The lowest BCUT2D eigenvalue weighted by atomic mass is 10.4. The second-order valence-electron chi connectivity index (χ2n) is 3.85. The van der Waals surface area contributed by atoms with Crippen molar-refractivity contribution in [3.63, 3.8) is 0 Å². The van der Waals surface area contributed by atoms with Crippen LogP contribution >= 0.6 is 7.14 Å². The summed E-state index contributed by atoms with van der Waals surface area (Å²) in [5, 5.41) is 0. The molecule has 0 saturated carbocycles. The van der Waals surface area contributed by atoms with Gasteiger partial charge in [-0.05, 0) is 19.8 Å². The first-order valence-electron chi connectivity index (χ1n) is 6.05. The van der Waals surface area contributed by atoms with Crippen molar-refractivity contribution >= 4 is 7.14 Å². The topological polar surface area (TPSA) is 26.3 Å². The van der Waals surface area contributed by atoms with Gasteiger partial charge in [-0.3, -0.25) is 0 Å². The van der Waals surface area contributed by atoms with E-state index in [0.717, 1.165) is 38.0 Å². The van der Waals surface area contributed by atoms with Crippen molar-refractivity contribution in [3.05, 3.63) is 12.1 Å². The molecule has 90 valence electrons. The molecule has 0 spiro atoms. The Morgan fingerprint density at radius 2 is 1.60 bits per heavy atom. The maximum absolute atomic E-state index is 12.4. The van der Waals surface area contributed by atoms with E-state index in [0.29, 0.717) is 6.61 Å². The van der Waals surface area contributed by atoms with Gasteiger partial charge >= 0.3 is 0 Å². The number of rotatable bonds is 9. The molecule has 0 saturated heterocycles. The van der Waals surface area contributed by atoms with Crippen LogP contribution < -0.4 is 0 Å². The number of ether oxygens (including phenoxy) is 1. The van der Waals surface area contributed by atoms with Crippen LogP contribution in [0.5, 0.6) is 0 Å². The highest BCUT2D eigenvalue weighted by Crippen LogP contribution is 2.48. The van der Waals surface area contributed by atoms with Crippen LogP contribution in [0.15, 0.2) is 12.1 Å². The fourth-order valence-electron chi connectivity index (χ4n) is 1.36. The van der Waals surface area contributed by atoms with Crippen molar-refractivity contribution in [3.8, 4) is 0 Å². The van der Waals surface area contributed by atoms with Gasteiger partial charge in [0.25, 0.3) is 0 Å². The minimum absolute atomic E-state index is 0.651. The van der Waals surface area contributed by atoms with Crippen LogP contribution in [0.25, 0.3) is 0 Å². The summed E-state index contributed by atoms with van der Waals surface area (Å²) >= 11 is 0. The SMILES string of the molecule is CCCCP(=O)(C=COCC)CCCC. The standard InChI is InChI=1S/C12H25O2P/c1-4-7-10-15(13,11-8-5-2)12-9-14-6-3/h9,12H,4-8,10-11H2,1-3H3. The van der Waals surface area contributed by atoms with Crippen molar-refractivity contribution < 1.29 is 9.30 Å². The molecule has 0 unspecified atom stereocenters. The quantitative estimate of drug-likeness (QED) is 0.433. The second-order valence-corrected chi connectivity index (χ2v) is 6.94. The summed E-state index contributed by atoms with van der Waals surface area (Å²) in [6.07, 6.45) is 7.64. The molecule has 0 radical (unpaired) electrons. The molecule has 2 nitrogen and oxygen atoms in total. The van der Waals surface area contributed by atoms with Gasteiger partial charge in [0.05, 0.1) is 12.9 Å². The maximum atomic E-state index is 12.4. The predicted molar refractivity (Wildman–Crippen MR) is 67.9 cm³/mol. The van der Waals surface area contributed by atoms with E-state index < -0.39 is 7.14 Å². The lowest BCUT2D eigenvalue weighted by Crippen LogP contribution is -1.93. The first-order valence-corrected chi connectivity index (χ1v) is 8.20. The summed E-state index contributed by atoms with van der Waals surface area (Å²) in [7, 11) is -2.09. The first-order chi connectivity index (χ1) is 7.18. The van der Waals surface area contributed by atoms with Crippen LogP contribution in [0.1, 0.15) is 46.5 Å². The highest BCUT2D eigenvalue weighted by atomic mass is 31.2. The molecule has 0 aliphatic rings. The fraction of sp³-hybridized carbons (Fsp3) is 0.833. The van der Waals surface area contributed by atoms with E-state index in [4.69, 9.17) is 4.74 Å². The molecule has 0 aliphatic heterocycles. The lowest BCUT2D eigenvalue weighted by molar-refractivity contribution is 0.270. The first kappa shape index (κ1) is 14.8.